The van der Waals surface area contributed by atoms with Gasteiger partial charge < -0.3 is 9.30 Å². The van der Waals surface area contributed by atoms with Gasteiger partial charge in [0.1, 0.15) is 5.60 Å². The van der Waals surface area contributed by atoms with Gasteiger partial charge in [0.2, 0.25) is 0 Å². The second kappa shape index (κ2) is 10.5. The second-order valence-corrected chi connectivity index (χ2v) is 10.5. The van der Waals surface area contributed by atoms with Gasteiger partial charge in [0.05, 0.1) is 23.1 Å². The molecule has 4 nitrogen and oxygen atoms in total. The molecular formula is C29H32N2O2S. The molecule has 0 saturated carbocycles. The third-order valence-corrected chi connectivity index (χ3v) is 6.56. The van der Waals surface area contributed by atoms with E-state index in [9.17, 15) is 4.79 Å². The Morgan fingerprint density at radius 3 is 2.41 bits per heavy atom. The largest absolute Gasteiger partial charge is 0.456 e. The summed E-state index contributed by atoms with van der Waals surface area (Å²) in [5, 5.41) is 1.06. The molecule has 4 aromatic rings. The predicted molar refractivity (Wildman–Crippen MR) is 142 cm³/mol. The fraction of sp³-hybridized carbons (Fsp3) is 0.310. The van der Waals surface area contributed by atoms with Crippen molar-refractivity contribution in [2.45, 2.75) is 57.8 Å². The van der Waals surface area contributed by atoms with Crippen molar-refractivity contribution in [1.82, 2.24) is 9.55 Å². The average Bonchev–Trinajstić information content (AvgIpc) is 3.16. The summed E-state index contributed by atoms with van der Waals surface area (Å²) in [5.74, 6) is 0.769. The number of fused-ring (bicyclic) bond motifs is 1. The molecule has 0 N–H and O–H groups in total. The third-order valence-electron chi connectivity index (χ3n) is 5.50. The van der Waals surface area contributed by atoms with Crippen LogP contribution in [0.25, 0.3) is 22.2 Å². The van der Waals surface area contributed by atoms with Gasteiger partial charge >= 0.3 is 5.97 Å². The lowest BCUT2D eigenvalue weighted by Gasteiger charge is -2.20. The van der Waals surface area contributed by atoms with E-state index in [2.05, 4.69) is 54.0 Å². The number of para-hydroxylation sites is 2. The lowest BCUT2D eigenvalue weighted by Crippen LogP contribution is -2.24. The van der Waals surface area contributed by atoms with Crippen molar-refractivity contribution in [3.63, 3.8) is 0 Å². The van der Waals surface area contributed by atoms with Crippen LogP contribution >= 0.6 is 11.8 Å². The van der Waals surface area contributed by atoms with Crippen molar-refractivity contribution >= 4 is 28.8 Å². The summed E-state index contributed by atoms with van der Waals surface area (Å²) in [4.78, 5) is 17.6. The highest BCUT2D eigenvalue weighted by Gasteiger charge is 2.20. The van der Waals surface area contributed by atoms with E-state index in [0.717, 1.165) is 39.6 Å². The van der Waals surface area contributed by atoms with Crippen molar-refractivity contribution in [3.8, 4) is 11.1 Å². The second-order valence-electron chi connectivity index (χ2n) is 9.42. The molecule has 0 amide bonds. The zero-order valence-electron chi connectivity index (χ0n) is 20.4. The monoisotopic (exact) mass is 472 g/mol. The van der Waals surface area contributed by atoms with E-state index in [1.807, 2.05) is 62.9 Å². The quantitative estimate of drug-likeness (QED) is 0.150. The summed E-state index contributed by atoms with van der Waals surface area (Å²) in [6, 6.07) is 24.4. The normalized spacial score (nSPS) is 11.6. The smallest absolute Gasteiger partial charge is 0.339 e. The van der Waals surface area contributed by atoms with Crippen LogP contribution in [0.5, 0.6) is 0 Å². The van der Waals surface area contributed by atoms with E-state index >= 15 is 0 Å². The zero-order chi connectivity index (χ0) is 24.1. The number of imidazole rings is 1. The Morgan fingerprint density at radius 2 is 1.68 bits per heavy atom. The van der Waals surface area contributed by atoms with Gasteiger partial charge in [-0.25, -0.2) is 9.78 Å². The molecule has 0 saturated heterocycles. The minimum atomic E-state index is -0.533. The molecule has 0 bridgehead atoms. The number of carbonyl (C=O) groups is 1. The van der Waals surface area contributed by atoms with Crippen molar-refractivity contribution in [2.75, 3.05) is 5.75 Å². The van der Waals surface area contributed by atoms with Crippen molar-refractivity contribution < 1.29 is 9.53 Å². The van der Waals surface area contributed by atoms with Gasteiger partial charge in [-0.05, 0) is 62.1 Å². The van der Waals surface area contributed by atoms with E-state index in [0.29, 0.717) is 5.56 Å². The third kappa shape index (κ3) is 5.71. The number of rotatable bonds is 8. The first-order chi connectivity index (χ1) is 16.4. The van der Waals surface area contributed by atoms with Crippen LogP contribution in [0, 0.1) is 0 Å². The number of benzene rings is 3. The fourth-order valence-electron chi connectivity index (χ4n) is 3.84. The number of aromatic nitrogens is 2. The molecule has 4 rings (SSSR count). The molecule has 0 aliphatic rings. The molecule has 5 heteroatoms. The highest BCUT2D eigenvalue weighted by Crippen LogP contribution is 2.28. The van der Waals surface area contributed by atoms with Gasteiger partial charge in [-0.1, -0.05) is 79.7 Å². The summed E-state index contributed by atoms with van der Waals surface area (Å²) < 4.78 is 7.93. The number of thioether (sulfide) groups is 1. The number of hydrogen-bond donors (Lipinski definition) is 0. The molecular weight excluding hydrogens is 440 g/mol. The van der Waals surface area contributed by atoms with Crippen molar-refractivity contribution in [1.29, 1.82) is 0 Å². The summed E-state index contributed by atoms with van der Waals surface area (Å²) >= 11 is 1.83. The van der Waals surface area contributed by atoms with E-state index in [-0.39, 0.29) is 5.97 Å². The van der Waals surface area contributed by atoms with Crippen molar-refractivity contribution in [3.05, 3.63) is 83.9 Å². The first-order valence-corrected chi connectivity index (χ1v) is 12.8. The average molecular weight is 473 g/mol. The highest BCUT2D eigenvalue weighted by atomic mass is 32.2. The molecule has 0 fully saturated rings. The van der Waals surface area contributed by atoms with Gasteiger partial charge in [0, 0.05) is 5.75 Å². The number of carbonyl (C=O) groups excluding carboxylic acids is 1. The van der Waals surface area contributed by atoms with Crippen LogP contribution in [-0.4, -0.2) is 26.9 Å². The lowest BCUT2D eigenvalue weighted by molar-refractivity contribution is 0.00704. The molecule has 1 aromatic heterocycles. The van der Waals surface area contributed by atoms with Crippen molar-refractivity contribution in [2.24, 2.45) is 0 Å². The van der Waals surface area contributed by atoms with Crippen LogP contribution in [0.1, 0.15) is 56.5 Å². The van der Waals surface area contributed by atoms with Gasteiger partial charge in [-0.3, -0.25) is 0 Å². The van der Waals surface area contributed by atoms with Crippen LogP contribution in [0.15, 0.2) is 78.0 Å². The summed E-state index contributed by atoms with van der Waals surface area (Å²) in [5.41, 5.74) is 5.31. The standard InChI is InChI=1S/C29H32N2O2S/c1-5-6-19-34-28-30-25-13-9-10-14-26(25)31(28)20-21-15-17-22(18-16-21)23-11-7-8-12-24(23)27(32)33-29(2,3)4/h7-18H,5-6,19-20H2,1-4H3. The first kappa shape index (κ1) is 24.1. The Bertz CT molecular complexity index is 1270. The molecule has 34 heavy (non-hydrogen) atoms. The number of unbranched alkanes of at least 4 members (excludes halogenated alkanes) is 1. The van der Waals surface area contributed by atoms with Crippen LogP contribution in [0.3, 0.4) is 0 Å². The Hall–Kier alpha value is -3.05. The molecule has 0 aliphatic carbocycles. The van der Waals surface area contributed by atoms with Gasteiger partial charge in [-0.15, -0.1) is 0 Å². The topological polar surface area (TPSA) is 44.1 Å². The minimum absolute atomic E-state index is 0.300. The van der Waals surface area contributed by atoms with Crippen LogP contribution in [0.4, 0.5) is 0 Å². The molecule has 0 spiro atoms. The van der Waals surface area contributed by atoms with E-state index in [1.165, 1.54) is 18.4 Å². The maximum Gasteiger partial charge on any atom is 0.339 e. The van der Waals surface area contributed by atoms with Crippen LogP contribution < -0.4 is 0 Å². The minimum Gasteiger partial charge on any atom is -0.456 e. The first-order valence-electron chi connectivity index (χ1n) is 11.9. The highest BCUT2D eigenvalue weighted by molar-refractivity contribution is 7.99. The molecule has 0 atom stereocenters. The zero-order valence-corrected chi connectivity index (χ0v) is 21.2. The number of nitrogens with zero attached hydrogens (tertiary/aromatic N) is 2. The molecule has 1 heterocycles. The van der Waals surface area contributed by atoms with Gasteiger partial charge in [-0.2, -0.15) is 0 Å². The number of ether oxygens (including phenoxy) is 1. The predicted octanol–water partition coefficient (Wildman–Crippen LogP) is 7.60. The number of esters is 1. The number of hydrogen-bond acceptors (Lipinski definition) is 4. The van der Waals surface area contributed by atoms with E-state index in [4.69, 9.17) is 9.72 Å². The summed E-state index contributed by atoms with van der Waals surface area (Å²) in [6.45, 7) is 8.62. The SMILES string of the molecule is CCCCSc1nc2ccccc2n1Cc1ccc(-c2ccccc2C(=O)OC(C)(C)C)cc1. The van der Waals surface area contributed by atoms with Gasteiger partial charge in [0.15, 0.2) is 5.16 Å². The summed E-state index contributed by atoms with van der Waals surface area (Å²) in [7, 11) is 0. The lowest BCUT2D eigenvalue weighted by atomic mass is 9.98. The van der Waals surface area contributed by atoms with Crippen LogP contribution in [0.2, 0.25) is 0 Å². The molecule has 3 aromatic carbocycles. The van der Waals surface area contributed by atoms with Crippen LogP contribution in [-0.2, 0) is 11.3 Å². The Labute approximate surface area is 206 Å². The van der Waals surface area contributed by atoms with E-state index in [1.54, 1.807) is 0 Å². The molecule has 0 radical (unpaired) electrons. The van der Waals surface area contributed by atoms with E-state index < -0.39 is 5.60 Å². The fourth-order valence-corrected chi connectivity index (χ4v) is 4.94. The van der Waals surface area contributed by atoms with Gasteiger partial charge in [0.25, 0.3) is 0 Å². The Morgan fingerprint density at radius 1 is 0.971 bits per heavy atom. The molecule has 0 unspecified atom stereocenters. The maximum atomic E-state index is 12.8. The summed E-state index contributed by atoms with van der Waals surface area (Å²) in [6.07, 6.45) is 2.36. The Kier molecular flexibility index (Phi) is 7.42. The molecule has 176 valence electrons. The maximum absolute atomic E-state index is 12.8. The molecule has 0 aliphatic heterocycles. The Balaban J connectivity index is 1.60.